The van der Waals surface area contributed by atoms with Crippen LogP contribution in [0.3, 0.4) is 0 Å². The standard InChI is InChI=1S/C27H23FN8OS/c28-22-4-3-21(38-22)25-24-20(5-6-30-25)32-27(33-24)23-19-12-17(14-31-26(19)35-34-23)16-11-18(15-29-13-16)37-10-9-36-7-1-2-8-36/h3-6,11-15H,1-2,7-10H2,(H,32,33)(H,31,34,35). The number of thiophene rings is 1. The molecule has 7 heterocycles. The fraction of sp³-hybridized carbons (Fsp3) is 0.222. The maximum absolute atomic E-state index is 13.7. The van der Waals surface area contributed by atoms with Crippen LogP contribution in [0.25, 0.3) is 55.3 Å². The number of nitrogens with zero attached hydrogens (tertiary/aromatic N) is 6. The molecule has 6 aromatic heterocycles. The van der Waals surface area contributed by atoms with Gasteiger partial charge in [0.25, 0.3) is 0 Å². The molecule has 0 saturated carbocycles. The fourth-order valence-corrected chi connectivity index (χ4v) is 5.59. The highest BCUT2D eigenvalue weighted by molar-refractivity contribution is 7.13. The molecule has 0 aromatic carbocycles. The minimum Gasteiger partial charge on any atom is -0.491 e. The van der Waals surface area contributed by atoms with Crippen molar-refractivity contribution in [3.05, 3.63) is 60.3 Å². The van der Waals surface area contributed by atoms with Crippen molar-refractivity contribution in [3.63, 3.8) is 0 Å². The summed E-state index contributed by atoms with van der Waals surface area (Å²) >= 11 is 1.04. The summed E-state index contributed by atoms with van der Waals surface area (Å²) in [6, 6.07) is 9.00. The number of aromatic nitrogens is 7. The zero-order valence-corrected chi connectivity index (χ0v) is 21.1. The first-order chi connectivity index (χ1) is 18.7. The van der Waals surface area contributed by atoms with Crippen molar-refractivity contribution in [1.82, 2.24) is 40.0 Å². The Labute approximate surface area is 220 Å². The van der Waals surface area contributed by atoms with E-state index in [1.54, 1.807) is 30.9 Å². The summed E-state index contributed by atoms with van der Waals surface area (Å²) in [5, 5.41) is 8.05. The molecule has 190 valence electrons. The van der Waals surface area contributed by atoms with Gasteiger partial charge in [0, 0.05) is 36.3 Å². The van der Waals surface area contributed by atoms with E-state index in [4.69, 9.17) is 9.72 Å². The number of fused-ring (bicyclic) bond motifs is 2. The Balaban J connectivity index is 1.20. The van der Waals surface area contributed by atoms with E-state index in [2.05, 4.69) is 35.0 Å². The molecule has 0 amide bonds. The molecule has 1 fully saturated rings. The summed E-state index contributed by atoms with van der Waals surface area (Å²) in [7, 11) is 0. The quantitative estimate of drug-likeness (QED) is 0.291. The number of aromatic amines is 2. The van der Waals surface area contributed by atoms with Gasteiger partial charge in [0.1, 0.15) is 29.3 Å². The predicted octanol–water partition coefficient (Wildman–Crippen LogP) is 5.30. The van der Waals surface area contributed by atoms with Gasteiger partial charge in [-0.2, -0.15) is 9.49 Å². The van der Waals surface area contributed by atoms with Gasteiger partial charge in [-0.25, -0.2) is 9.97 Å². The second-order valence-electron chi connectivity index (χ2n) is 9.24. The summed E-state index contributed by atoms with van der Waals surface area (Å²) in [5.74, 6) is 1.31. The van der Waals surface area contributed by atoms with E-state index in [1.807, 2.05) is 18.2 Å². The van der Waals surface area contributed by atoms with Crippen molar-refractivity contribution in [2.75, 3.05) is 26.2 Å². The van der Waals surface area contributed by atoms with Crippen LogP contribution in [-0.4, -0.2) is 66.3 Å². The third-order valence-electron chi connectivity index (χ3n) is 6.77. The van der Waals surface area contributed by atoms with Crippen molar-refractivity contribution in [2.24, 2.45) is 0 Å². The van der Waals surface area contributed by atoms with Crippen molar-refractivity contribution < 1.29 is 9.13 Å². The summed E-state index contributed by atoms with van der Waals surface area (Å²) in [6.07, 6.45) is 9.55. The number of nitrogens with one attached hydrogen (secondary N) is 2. The Hall–Kier alpha value is -4.22. The molecule has 11 heteroatoms. The number of likely N-dealkylation sites (tertiary alicyclic amines) is 1. The van der Waals surface area contributed by atoms with Crippen molar-refractivity contribution in [1.29, 1.82) is 0 Å². The lowest BCUT2D eigenvalue weighted by Crippen LogP contribution is -2.25. The number of rotatable bonds is 7. The zero-order chi connectivity index (χ0) is 25.5. The van der Waals surface area contributed by atoms with Crippen molar-refractivity contribution >= 4 is 33.4 Å². The summed E-state index contributed by atoms with van der Waals surface area (Å²) in [4.78, 5) is 24.7. The lowest BCUT2D eigenvalue weighted by Gasteiger charge is -2.15. The number of hydrogen-bond donors (Lipinski definition) is 2. The molecule has 2 N–H and O–H groups in total. The molecule has 0 bridgehead atoms. The van der Waals surface area contributed by atoms with Gasteiger partial charge in [-0.15, -0.1) is 11.3 Å². The number of pyridine rings is 3. The van der Waals surface area contributed by atoms with E-state index < -0.39 is 0 Å². The Kier molecular flexibility index (Phi) is 5.78. The Morgan fingerprint density at radius 3 is 2.76 bits per heavy atom. The van der Waals surface area contributed by atoms with Gasteiger partial charge < -0.3 is 9.72 Å². The molecule has 1 aliphatic rings. The largest absolute Gasteiger partial charge is 0.491 e. The van der Waals surface area contributed by atoms with Crippen molar-refractivity contribution in [2.45, 2.75) is 12.8 Å². The first-order valence-electron chi connectivity index (χ1n) is 12.5. The van der Waals surface area contributed by atoms with E-state index in [1.165, 1.54) is 18.9 Å². The monoisotopic (exact) mass is 526 g/mol. The van der Waals surface area contributed by atoms with Gasteiger partial charge in [-0.05, 0) is 56.3 Å². The van der Waals surface area contributed by atoms with Gasteiger partial charge in [-0.3, -0.25) is 20.0 Å². The van der Waals surface area contributed by atoms with Gasteiger partial charge in [0.05, 0.1) is 22.0 Å². The first-order valence-corrected chi connectivity index (χ1v) is 13.3. The van der Waals surface area contributed by atoms with Crippen LogP contribution in [0.15, 0.2) is 55.1 Å². The second kappa shape index (κ2) is 9.58. The topological polar surface area (TPSA) is 108 Å². The third-order valence-corrected chi connectivity index (χ3v) is 7.65. The van der Waals surface area contributed by atoms with E-state index in [-0.39, 0.29) is 5.13 Å². The Morgan fingerprint density at radius 2 is 1.89 bits per heavy atom. The average Bonchev–Trinajstić information content (AvgIpc) is 3.74. The first kappa shape index (κ1) is 22.9. The molecule has 0 aliphatic carbocycles. The van der Waals surface area contributed by atoms with Gasteiger partial charge >= 0.3 is 0 Å². The molecular weight excluding hydrogens is 503 g/mol. The minimum absolute atomic E-state index is 0.262. The van der Waals surface area contributed by atoms with Crippen LogP contribution in [0.5, 0.6) is 5.75 Å². The summed E-state index contributed by atoms with van der Waals surface area (Å²) < 4.78 is 19.7. The van der Waals surface area contributed by atoms with E-state index in [9.17, 15) is 4.39 Å². The van der Waals surface area contributed by atoms with Crippen LogP contribution in [0.4, 0.5) is 4.39 Å². The number of H-pyrrole nitrogens is 2. The molecule has 0 atom stereocenters. The smallest absolute Gasteiger partial charge is 0.177 e. The highest BCUT2D eigenvalue weighted by Gasteiger charge is 2.18. The normalized spacial score (nSPS) is 14.1. The second-order valence-corrected chi connectivity index (χ2v) is 10.3. The minimum atomic E-state index is -0.262. The molecule has 6 aromatic rings. The lowest BCUT2D eigenvalue weighted by molar-refractivity contribution is 0.237. The molecule has 0 unspecified atom stereocenters. The highest BCUT2D eigenvalue weighted by atomic mass is 32.1. The summed E-state index contributed by atoms with van der Waals surface area (Å²) in [6.45, 7) is 3.85. The summed E-state index contributed by atoms with van der Waals surface area (Å²) in [5.41, 5.74) is 5.17. The van der Waals surface area contributed by atoms with Gasteiger partial charge in [0.2, 0.25) is 0 Å². The average molecular weight is 527 g/mol. The lowest BCUT2D eigenvalue weighted by atomic mass is 10.1. The highest BCUT2D eigenvalue weighted by Crippen LogP contribution is 2.34. The SMILES string of the molecule is Fc1ccc(-c2nccc3[nH]c(-c4n[nH]c5ncc(-c6cncc(OCCN7CCCC7)c6)cc45)nc23)s1. The van der Waals surface area contributed by atoms with Crippen LogP contribution in [0, 0.1) is 5.13 Å². The molecule has 9 nitrogen and oxygen atoms in total. The molecule has 0 spiro atoms. The number of hydrogen-bond acceptors (Lipinski definition) is 8. The van der Waals surface area contributed by atoms with Crippen LogP contribution < -0.4 is 4.74 Å². The maximum Gasteiger partial charge on any atom is 0.177 e. The molecular formula is C27H23FN8OS. The van der Waals surface area contributed by atoms with Crippen LogP contribution in [-0.2, 0) is 0 Å². The maximum atomic E-state index is 13.7. The van der Waals surface area contributed by atoms with Gasteiger partial charge in [-0.1, -0.05) is 0 Å². The molecule has 1 saturated heterocycles. The van der Waals surface area contributed by atoms with Crippen LogP contribution in [0.2, 0.25) is 0 Å². The van der Waals surface area contributed by atoms with Crippen LogP contribution >= 0.6 is 11.3 Å². The van der Waals surface area contributed by atoms with Gasteiger partial charge in [0.15, 0.2) is 16.6 Å². The molecule has 38 heavy (non-hydrogen) atoms. The van der Waals surface area contributed by atoms with E-state index in [0.717, 1.165) is 63.6 Å². The number of halogens is 1. The Morgan fingerprint density at radius 1 is 1.00 bits per heavy atom. The molecule has 7 rings (SSSR count). The fourth-order valence-electron chi connectivity index (χ4n) is 4.87. The molecule has 0 radical (unpaired) electrons. The number of ether oxygens (including phenoxy) is 1. The van der Waals surface area contributed by atoms with Crippen molar-refractivity contribution in [3.8, 4) is 39.0 Å². The van der Waals surface area contributed by atoms with Crippen LogP contribution in [0.1, 0.15) is 12.8 Å². The zero-order valence-electron chi connectivity index (χ0n) is 20.3. The molecule has 1 aliphatic heterocycles. The predicted molar refractivity (Wildman–Crippen MR) is 144 cm³/mol. The Bertz CT molecular complexity index is 1750. The third kappa shape index (κ3) is 4.29. The van der Waals surface area contributed by atoms with E-state index in [0.29, 0.717) is 35.0 Å². The number of imidazole rings is 1. The van der Waals surface area contributed by atoms with E-state index >= 15 is 0 Å².